The van der Waals surface area contributed by atoms with Gasteiger partial charge in [-0.3, -0.25) is 19.6 Å². The van der Waals surface area contributed by atoms with Crippen molar-refractivity contribution in [2.45, 2.75) is 51.6 Å². The van der Waals surface area contributed by atoms with Gasteiger partial charge >= 0.3 is 24.3 Å². The first kappa shape index (κ1) is 36.7. The fourth-order valence-corrected chi connectivity index (χ4v) is 6.45. The molecule has 0 radical (unpaired) electrons. The zero-order chi connectivity index (χ0) is 34.3. The first-order valence-electron chi connectivity index (χ1n) is 14.4. The van der Waals surface area contributed by atoms with Gasteiger partial charge in [0, 0.05) is 57.1 Å². The molecule has 1 amide bonds. The summed E-state index contributed by atoms with van der Waals surface area (Å²) in [6.07, 6.45) is -3.35. The van der Waals surface area contributed by atoms with Gasteiger partial charge in [0.15, 0.2) is 0 Å². The summed E-state index contributed by atoms with van der Waals surface area (Å²) in [5, 5.41) is 14.2. The third-order valence-electron chi connectivity index (χ3n) is 8.67. The van der Waals surface area contributed by atoms with Crippen LogP contribution in [-0.2, 0) is 27.5 Å². The maximum absolute atomic E-state index is 13.7. The van der Waals surface area contributed by atoms with Gasteiger partial charge in [-0.15, -0.1) is 0 Å². The molecule has 0 aliphatic carbocycles. The molecule has 2 N–H and O–H groups in total. The number of carbonyl (C=O) groups is 3. The number of carbonyl (C=O) groups excluding carboxylic acids is 1. The normalized spacial score (nSPS) is 21.5. The Morgan fingerprint density at radius 1 is 0.826 bits per heavy atom. The van der Waals surface area contributed by atoms with Crippen LogP contribution >= 0.6 is 0 Å². The maximum atomic E-state index is 13.7. The highest BCUT2D eigenvalue weighted by Gasteiger charge is 2.64. The number of pyridine rings is 1. The number of carboxylic acids is 2. The highest BCUT2D eigenvalue weighted by atomic mass is 19.4. The number of hydrogen-bond acceptors (Lipinski definition) is 6. The number of piperidine rings is 1. The number of alkyl halides is 6. The third-order valence-corrected chi connectivity index (χ3v) is 8.67. The fraction of sp³-hybridized carbons (Fsp3) is 0.533. The molecule has 254 valence electrons. The van der Waals surface area contributed by atoms with Crippen molar-refractivity contribution in [3.8, 4) is 0 Å². The molecule has 1 aromatic carbocycles. The van der Waals surface area contributed by atoms with Gasteiger partial charge in [0.25, 0.3) is 0 Å². The summed E-state index contributed by atoms with van der Waals surface area (Å²) in [7, 11) is 0. The topological polar surface area (TPSA) is 114 Å². The van der Waals surface area contributed by atoms with Gasteiger partial charge in [-0.05, 0) is 68.6 Å². The molecule has 2 spiro atoms. The Bertz CT molecular complexity index is 1310. The molecule has 9 nitrogen and oxygen atoms in total. The predicted octanol–water partition coefficient (Wildman–Crippen LogP) is 4.82. The van der Waals surface area contributed by atoms with Crippen LogP contribution in [0.3, 0.4) is 0 Å². The summed E-state index contributed by atoms with van der Waals surface area (Å²) in [4.78, 5) is 42.8. The number of benzene rings is 1. The molecule has 0 bridgehead atoms. The summed E-state index contributed by atoms with van der Waals surface area (Å²) in [5.41, 5.74) is 2.14. The van der Waals surface area contributed by atoms with E-state index in [0.29, 0.717) is 5.91 Å². The summed E-state index contributed by atoms with van der Waals surface area (Å²) >= 11 is 0. The van der Waals surface area contributed by atoms with Crippen LogP contribution < -0.4 is 0 Å². The summed E-state index contributed by atoms with van der Waals surface area (Å²) in [6, 6.07) is 11.0. The van der Waals surface area contributed by atoms with Gasteiger partial charge in [-0.25, -0.2) is 14.0 Å². The molecule has 0 saturated carbocycles. The minimum atomic E-state index is -5.08. The Morgan fingerprint density at radius 2 is 1.37 bits per heavy atom. The number of hydrogen-bond donors (Lipinski definition) is 2. The Kier molecular flexibility index (Phi) is 11.8. The van der Waals surface area contributed by atoms with Crippen molar-refractivity contribution in [3.63, 3.8) is 0 Å². The van der Waals surface area contributed by atoms with Crippen molar-refractivity contribution in [2.24, 2.45) is 10.8 Å². The molecule has 5 rings (SSSR count). The van der Waals surface area contributed by atoms with Gasteiger partial charge in [0.2, 0.25) is 5.91 Å². The van der Waals surface area contributed by atoms with E-state index in [1.54, 1.807) is 12.1 Å². The van der Waals surface area contributed by atoms with Crippen molar-refractivity contribution < 1.29 is 55.3 Å². The zero-order valence-electron chi connectivity index (χ0n) is 25.0. The smallest absolute Gasteiger partial charge is 0.475 e. The van der Waals surface area contributed by atoms with E-state index in [1.807, 2.05) is 30.6 Å². The van der Waals surface area contributed by atoms with E-state index in [2.05, 4.69) is 32.7 Å². The van der Waals surface area contributed by atoms with E-state index >= 15 is 0 Å². The molecule has 3 fully saturated rings. The van der Waals surface area contributed by atoms with Gasteiger partial charge in [0.05, 0.1) is 5.41 Å². The molecule has 46 heavy (non-hydrogen) atoms. The number of amides is 1. The van der Waals surface area contributed by atoms with Gasteiger partial charge in [0.1, 0.15) is 5.82 Å². The second kappa shape index (κ2) is 14.8. The molecule has 16 heteroatoms. The quantitative estimate of drug-likeness (QED) is 0.438. The number of nitrogens with zero attached hydrogens (tertiary/aromatic N) is 4. The van der Waals surface area contributed by atoms with Crippen LogP contribution in [0.4, 0.5) is 30.7 Å². The SMILES string of the molecule is CCN1CCC2(CN(Cc3cccnc3)CC23CCN(Cc2ccc(F)cc2)CC3)C1=O.O=C(O)C(F)(F)F.O=C(O)C(F)(F)F. The molecule has 1 atom stereocenters. The van der Waals surface area contributed by atoms with Gasteiger partial charge in [-0.1, -0.05) is 18.2 Å². The second-order valence-corrected chi connectivity index (χ2v) is 11.5. The lowest BCUT2D eigenvalue weighted by Crippen LogP contribution is -2.52. The number of aliphatic carboxylic acids is 2. The highest BCUT2D eigenvalue weighted by Crippen LogP contribution is 2.58. The van der Waals surface area contributed by atoms with Crippen molar-refractivity contribution in [3.05, 3.63) is 65.7 Å². The lowest BCUT2D eigenvalue weighted by atomic mass is 9.60. The van der Waals surface area contributed by atoms with E-state index in [4.69, 9.17) is 19.8 Å². The number of rotatable bonds is 5. The van der Waals surface area contributed by atoms with Crippen molar-refractivity contribution >= 4 is 17.8 Å². The number of carboxylic acid groups (broad SMARTS) is 2. The number of likely N-dealkylation sites (tertiary alicyclic amines) is 3. The van der Waals surface area contributed by atoms with Crippen LogP contribution in [0.25, 0.3) is 0 Å². The number of aromatic nitrogens is 1. The molecule has 3 aliphatic heterocycles. The van der Waals surface area contributed by atoms with E-state index in [1.165, 1.54) is 5.56 Å². The fourth-order valence-electron chi connectivity index (χ4n) is 6.45. The third kappa shape index (κ3) is 8.93. The van der Waals surface area contributed by atoms with Crippen LogP contribution in [0.1, 0.15) is 37.3 Å². The van der Waals surface area contributed by atoms with Crippen LogP contribution in [0.15, 0.2) is 48.8 Å². The van der Waals surface area contributed by atoms with E-state index < -0.39 is 24.3 Å². The molecule has 1 unspecified atom stereocenters. The van der Waals surface area contributed by atoms with Crippen LogP contribution in [0.5, 0.6) is 0 Å². The molecule has 1 aromatic heterocycles. The second-order valence-electron chi connectivity index (χ2n) is 11.5. The lowest BCUT2D eigenvalue weighted by molar-refractivity contribution is -0.193. The standard InChI is InChI=1S/C26H33FN4O.2C2HF3O2/c1-2-31-15-11-26(24(31)32)20-30(18-22-4-3-12-28-16-22)19-25(26)9-13-29(14-10-25)17-21-5-7-23(27)8-6-21;2*3-2(4,5)1(6)7/h3-8,12,16H,2,9-11,13-15,17-20H2,1H3;2*(H,6,7). The van der Waals surface area contributed by atoms with Gasteiger partial charge < -0.3 is 15.1 Å². The molecule has 4 heterocycles. The summed E-state index contributed by atoms with van der Waals surface area (Å²) < 4.78 is 76.7. The predicted molar refractivity (Wildman–Crippen MR) is 150 cm³/mol. The monoisotopic (exact) mass is 664 g/mol. The first-order valence-corrected chi connectivity index (χ1v) is 14.4. The summed E-state index contributed by atoms with van der Waals surface area (Å²) in [6.45, 7) is 9.29. The van der Waals surface area contributed by atoms with E-state index in [0.717, 1.165) is 77.2 Å². The van der Waals surface area contributed by atoms with Crippen LogP contribution in [0, 0.1) is 16.6 Å². The van der Waals surface area contributed by atoms with Gasteiger partial charge in [-0.2, -0.15) is 26.3 Å². The van der Waals surface area contributed by atoms with Crippen LogP contribution in [-0.4, -0.2) is 99.4 Å². The van der Waals surface area contributed by atoms with Crippen molar-refractivity contribution in [1.82, 2.24) is 19.7 Å². The Hall–Kier alpha value is -3.79. The van der Waals surface area contributed by atoms with Crippen molar-refractivity contribution in [2.75, 3.05) is 39.3 Å². The minimum Gasteiger partial charge on any atom is -0.475 e. The molecular formula is C30H35F7N4O5. The number of fused-ring (bicyclic) bond motifs is 1. The average molecular weight is 665 g/mol. The van der Waals surface area contributed by atoms with Crippen LogP contribution in [0.2, 0.25) is 0 Å². The molecule has 3 aliphatic rings. The minimum absolute atomic E-state index is 0.0372. The zero-order valence-corrected chi connectivity index (χ0v) is 25.0. The number of halogens is 7. The molecule has 3 saturated heterocycles. The Morgan fingerprint density at radius 3 is 1.83 bits per heavy atom. The van der Waals surface area contributed by atoms with E-state index in [9.17, 15) is 35.5 Å². The molecular weight excluding hydrogens is 629 g/mol. The molecule has 2 aromatic rings. The largest absolute Gasteiger partial charge is 0.490 e. The Balaban J connectivity index is 0.000000345. The van der Waals surface area contributed by atoms with Crippen molar-refractivity contribution in [1.29, 1.82) is 0 Å². The van der Waals surface area contributed by atoms with E-state index in [-0.39, 0.29) is 16.6 Å². The first-order chi connectivity index (χ1) is 21.4. The highest BCUT2D eigenvalue weighted by molar-refractivity contribution is 5.86. The Labute approximate surface area is 260 Å². The average Bonchev–Trinajstić information content (AvgIpc) is 3.47. The maximum Gasteiger partial charge on any atom is 0.490 e. The lowest BCUT2D eigenvalue weighted by Gasteiger charge is -2.47. The summed E-state index contributed by atoms with van der Waals surface area (Å²) in [5.74, 6) is -5.33.